The zero-order chi connectivity index (χ0) is 11.8. The Morgan fingerprint density at radius 1 is 1.12 bits per heavy atom. The average molecular weight is 309 g/mol. The van der Waals surface area contributed by atoms with Gasteiger partial charge in [-0.1, -0.05) is 62.7 Å². The van der Waals surface area contributed by atoms with Crippen LogP contribution in [-0.2, 0) is 9.84 Å². The fourth-order valence-corrected chi connectivity index (χ4v) is 6.86. The van der Waals surface area contributed by atoms with Crippen LogP contribution in [0.15, 0.2) is 39.4 Å². The molecule has 7 heteroatoms. The normalized spacial score (nSPS) is 11.6. The van der Waals surface area contributed by atoms with Crippen LogP contribution >= 0.6 is 44.5 Å². The number of hydrogen-bond acceptors (Lipinski definition) is 5. The second-order valence-corrected chi connectivity index (χ2v) is 8.21. The Hall–Kier alpha value is -0.270. The Kier molecular flexibility index (Phi) is 3.46. The molecule has 2 aromatic rings. The maximum absolute atomic E-state index is 12.2. The highest BCUT2D eigenvalue weighted by atomic mass is 35.5. The number of hydrogen-bond donors (Lipinski definition) is 0. The van der Waals surface area contributed by atoms with Crippen LogP contribution in [0.4, 0.5) is 0 Å². The highest BCUT2D eigenvalue weighted by Crippen LogP contribution is 2.36. The molecule has 0 aliphatic rings. The lowest BCUT2D eigenvalue weighted by Crippen LogP contribution is -1.99. The summed E-state index contributed by atoms with van der Waals surface area (Å²) in [4.78, 5) is 0.237. The van der Waals surface area contributed by atoms with Gasteiger partial charge in [0.15, 0.2) is 4.21 Å². The van der Waals surface area contributed by atoms with Crippen LogP contribution in [0.1, 0.15) is 0 Å². The molecule has 0 aliphatic heterocycles. The van der Waals surface area contributed by atoms with E-state index in [0.717, 1.165) is 10.3 Å². The van der Waals surface area contributed by atoms with E-state index in [1.807, 2.05) is 0 Å². The Morgan fingerprint density at radius 2 is 1.75 bits per heavy atom. The van der Waals surface area contributed by atoms with E-state index in [-0.39, 0.29) is 14.1 Å². The molecule has 0 fully saturated rings. The van der Waals surface area contributed by atoms with Gasteiger partial charge in [0.05, 0.1) is 9.92 Å². The van der Waals surface area contributed by atoms with Gasteiger partial charge in [-0.15, -0.1) is 0 Å². The summed E-state index contributed by atoms with van der Waals surface area (Å²) < 4.78 is 24.9. The van der Waals surface area contributed by atoms with Gasteiger partial charge in [-0.2, -0.15) is 0 Å². The SMILES string of the molecule is O=S(=O)(c1ccccc1)c1ssc(=S)c1Cl. The predicted octanol–water partition coefficient (Wildman–Crippen LogP) is 4.03. The molecule has 0 spiro atoms. The van der Waals surface area contributed by atoms with E-state index in [2.05, 4.69) is 0 Å². The van der Waals surface area contributed by atoms with Crippen molar-refractivity contribution in [2.45, 2.75) is 9.10 Å². The Morgan fingerprint density at radius 3 is 2.25 bits per heavy atom. The van der Waals surface area contributed by atoms with Gasteiger partial charge in [0.25, 0.3) is 0 Å². The molecule has 2 rings (SSSR count). The Labute approximate surface area is 110 Å². The predicted molar refractivity (Wildman–Crippen MR) is 69.9 cm³/mol. The zero-order valence-corrected chi connectivity index (χ0v) is 11.7. The first-order chi connectivity index (χ1) is 7.53. The van der Waals surface area contributed by atoms with E-state index in [1.165, 1.54) is 10.3 Å². The maximum atomic E-state index is 12.2. The number of benzene rings is 1. The molecule has 0 unspecified atom stereocenters. The molecule has 1 heterocycles. The molecule has 16 heavy (non-hydrogen) atoms. The minimum atomic E-state index is -3.52. The third-order valence-corrected chi connectivity index (χ3v) is 8.30. The van der Waals surface area contributed by atoms with Crippen LogP contribution < -0.4 is 0 Å². The van der Waals surface area contributed by atoms with Crippen molar-refractivity contribution in [3.8, 4) is 0 Å². The van der Waals surface area contributed by atoms with Crippen LogP contribution in [0.2, 0.25) is 5.02 Å². The summed E-state index contributed by atoms with van der Waals surface area (Å²) in [7, 11) is -1.23. The van der Waals surface area contributed by atoms with Crippen molar-refractivity contribution in [2.24, 2.45) is 0 Å². The average Bonchev–Trinajstić information content (AvgIpc) is 2.61. The van der Waals surface area contributed by atoms with E-state index in [1.54, 1.807) is 30.3 Å². The van der Waals surface area contributed by atoms with Gasteiger partial charge in [0.1, 0.15) is 3.82 Å². The smallest absolute Gasteiger partial charge is 0.218 e. The minimum absolute atomic E-state index is 0.135. The van der Waals surface area contributed by atoms with Crippen LogP contribution in [-0.4, -0.2) is 8.42 Å². The van der Waals surface area contributed by atoms with Crippen LogP contribution in [0.3, 0.4) is 0 Å². The fraction of sp³-hybridized carbons (Fsp3) is 0. The molecule has 0 bridgehead atoms. The second kappa shape index (κ2) is 4.54. The highest BCUT2D eigenvalue weighted by molar-refractivity contribution is 7.96. The molecule has 0 saturated carbocycles. The van der Waals surface area contributed by atoms with E-state index in [4.69, 9.17) is 23.8 Å². The first-order valence-corrected chi connectivity index (χ1v) is 8.54. The first kappa shape index (κ1) is 12.2. The highest BCUT2D eigenvalue weighted by Gasteiger charge is 2.23. The lowest BCUT2D eigenvalue weighted by molar-refractivity contribution is 0.598. The third-order valence-electron chi connectivity index (χ3n) is 1.85. The summed E-state index contributed by atoms with van der Waals surface area (Å²) in [6, 6.07) is 8.19. The van der Waals surface area contributed by atoms with E-state index < -0.39 is 9.84 Å². The molecule has 0 radical (unpaired) electrons. The summed E-state index contributed by atoms with van der Waals surface area (Å²) in [5, 5.41) is 0.161. The van der Waals surface area contributed by atoms with Gasteiger partial charge in [-0.25, -0.2) is 8.42 Å². The fourth-order valence-electron chi connectivity index (χ4n) is 1.10. The molecular weight excluding hydrogens is 304 g/mol. The molecule has 0 amide bonds. The van der Waals surface area contributed by atoms with Gasteiger partial charge in [-0.3, -0.25) is 0 Å². The molecule has 0 N–H and O–H groups in total. The van der Waals surface area contributed by atoms with Crippen molar-refractivity contribution in [3.63, 3.8) is 0 Å². The number of sulfone groups is 1. The largest absolute Gasteiger partial charge is 0.218 e. The topological polar surface area (TPSA) is 34.1 Å². The molecular formula is C9H5ClO2S4. The van der Waals surface area contributed by atoms with Crippen molar-refractivity contribution in [2.75, 3.05) is 0 Å². The molecule has 0 atom stereocenters. The van der Waals surface area contributed by atoms with Crippen LogP contribution in [0.25, 0.3) is 0 Å². The van der Waals surface area contributed by atoms with Crippen LogP contribution in [0, 0.1) is 3.82 Å². The van der Waals surface area contributed by atoms with Crippen molar-refractivity contribution in [1.29, 1.82) is 0 Å². The van der Waals surface area contributed by atoms with Crippen LogP contribution in [0.5, 0.6) is 0 Å². The van der Waals surface area contributed by atoms with Crippen molar-refractivity contribution in [3.05, 3.63) is 39.2 Å². The maximum Gasteiger partial charge on any atom is 0.218 e. The van der Waals surface area contributed by atoms with E-state index >= 15 is 0 Å². The lowest BCUT2D eigenvalue weighted by atomic mass is 10.4. The van der Waals surface area contributed by atoms with Gasteiger partial charge in [0.2, 0.25) is 9.84 Å². The number of halogens is 1. The molecule has 0 aliphatic carbocycles. The minimum Gasteiger partial charge on any atom is -0.218 e. The van der Waals surface area contributed by atoms with E-state index in [0.29, 0.717) is 3.82 Å². The Balaban J connectivity index is 2.66. The lowest BCUT2D eigenvalue weighted by Gasteiger charge is -2.00. The standard InChI is InChI=1S/C9H5ClO2S4/c10-7-8(13)14-15-9(7)16(11,12)6-4-2-1-3-5-6/h1-5H. The molecule has 84 valence electrons. The van der Waals surface area contributed by atoms with Gasteiger partial charge in [-0.05, 0) is 12.1 Å². The second-order valence-electron chi connectivity index (χ2n) is 2.87. The summed E-state index contributed by atoms with van der Waals surface area (Å²) in [6.07, 6.45) is 0. The molecule has 0 saturated heterocycles. The molecule has 1 aromatic carbocycles. The zero-order valence-electron chi connectivity index (χ0n) is 7.71. The summed E-state index contributed by atoms with van der Waals surface area (Å²) in [5.74, 6) is 0. The summed E-state index contributed by atoms with van der Waals surface area (Å²) >= 11 is 10.8. The quantitative estimate of drug-likeness (QED) is 0.620. The van der Waals surface area contributed by atoms with Crippen molar-refractivity contribution in [1.82, 2.24) is 0 Å². The first-order valence-electron chi connectivity index (χ1n) is 4.12. The van der Waals surface area contributed by atoms with Gasteiger partial charge in [0, 0.05) is 0 Å². The Bertz CT molecular complexity index is 654. The molecule has 2 nitrogen and oxygen atoms in total. The summed E-state index contributed by atoms with van der Waals surface area (Å²) in [5.41, 5.74) is 0. The van der Waals surface area contributed by atoms with E-state index in [9.17, 15) is 8.42 Å². The van der Waals surface area contributed by atoms with Crippen molar-refractivity contribution < 1.29 is 8.42 Å². The number of rotatable bonds is 2. The van der Waals surface area contributed by atoms with Crippen molar-refractivity contribution >= 4 is 54.3 Å². The molecule has 1 aromatic heterocycles. The monoisotopic (exact) mass is 308 g/mol. The van der Waals surface area contributed by atoms with Gasteiger partial charge < -0.3 is 0 Å². The van der Waals surface area contributed by atoms with Gasteiger partial charge >= 0.3 is 0 Å². The summed E-state index contributed by atoms with van der Waals surface area (Å²) in [6.45, 7) is 0. The third kappa shape index (κ3) is 2.08.